The maximum absolute atomic E-state index is 13.7. The van der Waals surface area contributed by atoms with Crippen LogP contribution in [0.25, 0.3) is 0 Å². The Kier molecular flexibility index (Phi) is 5.75. The Labute approximate surface area is 183 Å². The lowest BCUT2D eigenvalue weighted by Gasteiger charge is -2.44. The Morgan fingerprint density at radius 2 is 1.87 bits per heavy atom. The number of hydrogen-bond acceptors (Lipinski definition) is 3. The first kappa shape index (κ1) is 21.4. The minimum Gasteiger partial charge on any atom is -0.359 e. The third kappa shape index (κ3) is 3.69. The van der Waals surface area contributed by atoms with Crippen LogP contribution >= 0.6 is 0 Å². The van der Waals surface area contributed by atoms with Gasteiger partial charge in [0.25, 0.3) is 11.6 Å². The highest BCUT2D eigenvalue weighted by Gasteiger charge is 2.52. The lowest BCUT2D eigenvalue weighted by Crippen LogP contribution is -2.64. The molecule has 4 rings (SSSR count). The topological polar surface area (TPSA) is 81.7 Å². The van der Waals surface area contributed by atoms with E-state index in [0.29, 0.717) is 28.8 Å². The number of benzene rings is 2. The van der Waals surface area contributed by atoms with E-state index in [9.17, 15) is 14.7 Å². The van der Waals surface area contributed by atoms with Crippen molar-refractivity contribution >= 4 is 23.3 Å². The number of hydrogen-bond donors (Lipinski definition) is 3. The zero-order valence-electron chi connectivity index (χ0n) is 18.4. The molecule has 0 radical (unpaired) electrons. The van der Waals surface area contributed by atoms with Gasteiger partial charge in [0.05, 0.1) is 5.69 Å². The van der Waals surface area contributed by atoms with Crippen molar-refractivity contribution in [3.8, 4) is 0 Å². The molecule has 0 aromatic heterocycles. The average Bonchev–Trinajstić information content (AvgIpc) is 2.77. The van der Waals surface area contributed by atoms with Crippen LogP contribution in [0, 0.1) is 11.8 Å². The van der Waals surface area contributed by atoms with Crippen molar-refractivity contribution in [3.05, 3.63) is 59.7 Å². The van der Waals surface area contributed by atoms with E-state index in [1.54, 1.807) is 36.4 Å². The standard InChI is InChI=1S/C25H31N3O3/c1-4-18-12-14-19(15-13-18)28-24(30)27-22-10-6-5-9-20(22)25(28,31)23(29)26-21-11-7-8-16(2)17(21)3/h5-6,9-10,12-17,21,31H,4,7-8,11H2,1-3H3,(H,26,29)(H,27,30)/t16-,17+,21+,25-/m0/s1. The highest BCUT2D eigenvalue weighted by atomic mass is 16.3. The molecule has 1 fully saturated rings. The molecule has 2 aliphatic rings. The van der Waals surface area contributed by atoms with E-state index < -0.39 is 17.7 Å². The number of amides is 3. The quantitative estimate of drug-likeness (QED) is 0.685. The third-order valence-electron chi connectivity index (χ3n) is 7.01. The Bertz CT molecular complexity index is 974. The van der Waals surface area contributed by atoms with Gasteiger partial charge < -0.3 is 15.7 Å². The fourth-order valence-electron chi connectivity index (χ4n) is 4.80. The van der Waals surface area contributed by atoms with Crippen LogP contribution in [0.5, 0.6) is 0 Å². The van der Waals surface area contributed by atoms with Crippen LogP contribution < -0.4 is 15.5 Å². The van der Waals surface area contributed by atoms with E-state index >= 15 is 0 Å². The molecule has 164 valence electrons. The van der Waals surface area contributed by atoms with Gasteiger partial charge in [-0.05, 0) is 48.4 Å². The Hall–Kier alpha value is -2.86. The number of nitrogens with zero attached hydrogens (tertiary/aromatic N) is 1. The summed E-state index contributed by atoms with van der Waals surface area (Å²) in [6, 6.07) is 13.7. The molecule has 6 nitrogen and oxygen atoms in total. The SMILES string of the molecule is CCc1ccc(N2C(=O)Nc3ccccc3[C@]2(O)C(=O)N[C@@H]2CCC[C@H](C)[C@H]2C)cc1. The minimum atomic E-state index is -2.15. The summed E-state index contributed by atoms with van der Waals surface area (Å²) in [6.07, 6.45) is 3.90. The van der Waals surface area contributed by atoms with Gasteiger partial charge in [0.15, 0.2) is 0 Å². The summed E-state index contributed by atoms with van der Waals surface area (Å²) in [7, 11) is 0. The number of rotatable bonds is 4. The molecule has 1 aliphatic heterocycles. The number of para-hydroxylation sites is 1. The second kappa shape index (κ2) is 8.35. The summed E-state index contributed by atoms with van der Waals surface area (Å²) >= 11 is 0. The molecule has 0 spiro atoms. The predicted octanol–water partition coefficient (Wildman–Crippen LogP) is 4.39. The van der Waals surface area contributed by atoms with Crippen molar-refractivity contribution in [2.24, 2.45) is 11.8 Å². The monoisotopic (exact) mass is 421 g/mol. The largest absolute Gasteiger partial charge is 0.359 e. The Balaban J connectivity index is 1.76. The second-order valence-corrected chi connectivity index (χ2v) is 8.85. The minimum absolute atomic E-state index is 0.0401. The van der Waals surface area contributed by atoms with Gasteiger partial charge >= 0.3 is 6.03 Å². The van der Waals surface area contributed by atoms with Gasteiger partial charge in [-0.3, -0.25) is 9.69 Å². The van der Waals surface area contributed by atoms with Crippen LogP contribution in [0.3, 0.4) is 0 Å². The zero-order chi connectivity index (χ0) is 22.2. The molecule has 0 unspecified atom stereocenters. The molecule has 3 N–H and O–H groups in total. The fraction of sp³-hybridized carbons (Fsp3) is 0.440. The molecular weight excluding hydrogens is 390 g/mol. The van der Waals surface area contributed by atoms with Gasteiger partial charge in [-0.2, -0.15) is 0 Å². The molecule has 31 heavy (non-hydrogen) atoms. The van der Waals surface area contributed by atoms with E-state index in [-0.39, 0.29) is 6.04 Å². The molecule has 0 saturated heterocycles. The molecule has 1 heterocycles. The predicted molar refractivity (Wildman–Crippen MR) is 122 cm³/mol. The summed E-state index contributed by atoms with van der Waals surface area (Å²) in [5.41, 5.74) is 0.235. The number of carbonyl (C=O) groups is 2. The van der Waals surface area contributed by atoms with E-state index in [2.05, 4.69) is 31.4 Å². The molecule has 3 amide bonds. The van der Waals surface area contributed by atoms with Gasteiger partial charge in [-0.25, -0.2) is 4.79 Å². The van der Waals surface area contributed by atoms with E-state index in [1.165, 1.54) is 4.90 Å². The first-order chi connectivity index (χ1) is 14.9. The highest BCUT2D eigenvalue weighted by molar-refractivity contribution is 6.11. The van der Waals surface area contributed by atoms with Crippen LogP contribution in [-0.2, 0) is 16.9 Å². The number of urea groups is 1. The summed E-state index contributed by atoms with van der Waals surface area (Å²) in [4.78, 5) is 28.0. The van der Waals surface area contributed by atoms with Gasteiger partial charge in [-0.1, -0.05) is 63.9 Å². The molecule has 1 saturated carbocycles. The number of carbonyl (C=O) groups excluding carboxylic acids is 2. The molecule has 0 bridgehead atoms. The average molecular weight is 422 g/mol. The lowest BCUT2D eigenvalue weighted by molar-refractivity contribution is -0.141. The Morgan fingerprint density at radius 1 is 1.16 bits per heavy atom. The maximum Gasteiger partial charge on any atom is 0.329 e. The lowest BCUT2D eigenvalue weighted by atomic mass is 9.78. The summed E-state index contributed by atoms with van der Waals surface area (Å²) in [6.45, 7) is 6.39. The number of anilines is 2. The van der Waals surface area contributed by atoms with Crippen molar-refractivity contribution in [1.82, 2.24) is 5.32 Å². The highest BCUT2D eigenvalue weighted by Crippen LogP contribution is 2.40. The van der Waals surface area contributed by atoms with Crippen LogP contribution in [0.15, 0.2) is 48.5 Å². The van der Waals surface area contributed by atoms with E-state index in [1.807, 2.05) is 12.1 Å². The van der Waals surface area contributed by atoms with Crippen molar-refractivity contribution in [2.45, 2.75) is 58.2 Å². The van der Waals surface area contributed by atoms with Gasteiger partial charge in [-0.15, -0.1) is 0 Å². The van der Waals surface area contributed by atoms with Gasteiger partial charge in [0.1, 0.15) is 0 Å². The van der Waals surface area contributed by atoms with Crippen molar-refractivity contribution in [2.75, 3.05) is 10.2 Å². The van der Waals surface area contributed by atoms with Crippen molar-refractivity contribution in [3.63, 3.8) is 0 Å². The van der Waals surface area contributed by atoms with Crippen LogP contribution in [-0.4, -0.2) is 23.1 Å². The smallest absolute Gasteiger partial charge is 0.329 e. The first-order valence-corrected chi connectivity index (χ1v) is 11.2. The van der Waals surface area contributed by atoms with Crippen LogP contribution in [0.1, 0.15) is 51.2 Å². The molecule has 2 aromatic rings. The van der Waals surface area contributed by atoms with Crippen LogP contribution in [0.2, 0.25) is 0 Å². The number of aliphatic hydroxyl groups is 1. The van der Waals surface area contributed by atoms with Crippen molar-refractivity contribution in [1.29, 1.82) is 0 Å². The third-order valence-corrected chi connectivity index (χ3v) is 7.01. The molecule has 2 aromatic carbocycles. The van der Waals surface area contributed by atoms with Crippen molar-refractivity contribution < 1.29 is 14.7 Å². The second-order valence-electron chi connectivity index (χ2n) is 8.85. The summed E-state index contributed by atoms with van der Waals surface area (Å²) in [5, 5.41) is 17.8. The number of fused-ring (bicyclic) bond motifs is 1. The molecule has 4 atom stereocenters. The first-order valence-electron chi connectivity index (χ1n) is 11.2. The summed E-state index contributed by atoms with van der Waals surface area (Å²) < 4.78 is 0. The molecular formula is C25H31N3O3. The number of aryl methyl sites for hydroxylation is 1. The normalized spacial score (nSPS) is 27.9. The summed E-state index contributed by atoms with van der Waals surface area (Å²) in [5.74, 6) is 0.222. The van der Waals surface area contributed by atoms with Gasteiger partial charge in [0, 0.05) is 17.3 Å². The zero-order valence-corrected chi connectivity index (χ0v) is 18.4. The molecule has 6 heteroatoms. The van der Waals surface area contributed by atoms with E-state index in [0.717, 1.165) is 31.2 Å². The number of nitrogens with one attached hydrogen (secondary N) is 2. The molecule has 1 aliphatic carbocycles. The van der Waals surface area contributed by atoms with Crippen LogP contribution in [0.4, 0.5) is 16.2 Å². The van der Waals surface area contributed by atoms with Gasteiger partial charge in [0.2, 0.25) is 0 Å². The fourth-order valence-corrected chi connectivity index (χ4v) is 4.80. The Morgan fingerprint density at radius 3 is 2.58 bits per heavy atom. The maximum atomic E-state index is 13.7. The van der Waals surface area contributed by atoms with E-state index in [4.69, 9.17) is 0 Å².